The second kappa shape index (κ2) is 4.52. The molecule has 3 rings (SSSR count). The van der Waals surface area contributed by atoms with Crippen LogP contribution in [0.3, 0.4) is 0 Å². The Morgan fingerprint density at radius 1 is 1.44 bits per heavy atom. The van der Waals surface area contributed by atoms with Gasteiger partial charge in [-0.25, -0.2) is 0 Å². The van der Waals surface area contributed by atoms with Crippen molar-refractivity contribution in [3.05, 3.63) is 30.0 Å². The van der Waals surface area contributed by atoms with Gasteiger partial charge in [0.2, 0.25) is 5.91 Å². The maximum absolute atomic E-state index is 11.4. The van der Waals surface area contributed by atoms with Crippen molar-refractivity contribution in [3.8, 4) is 0 Å². The Labute approximate surface area is 115 Å². The molecule has 0 bridgehead atoms. The zero-order valence-corrected chi connectivity index (χ0v) is 9.90. The van der Waals surface area contributed by atoms with Gasteiger partial charge in [0.05, 0.1) is 30.1 Å². The predicted molar refractivity (Wildman–Crippen MR) is 59.3 cm³/mol. The minimum Gasteiger partial charge on any atom is -0.548 e. The maximum atomic E-state index is 11.4. The summed E-state index contributed by atoms with van der Waals surface area (Å²) in [4.78, 5) is 22.1. The molecule has 1 aliphatic rings. The third-order valence-corrected chi connectivity index (χ3v) is 2.92. The number of nitrogens with zero attached hydrogens (tertiary/aromatic N) is 1. The molecule has 86 valence electrons. The van der Waals surface area contributed by atoms with Crippen molar-refractivity contribution in [2.75, 3.05) is 5.32 Å². The second-order valence-corrected chi connectivity index (χ2v) is 4.08. The van der Waals surface area contributed by atoms with Crippen LogP contribution in [0.25, 0.3) is 10.9 Å². The van der Waals surface area contributed by atoms with Crippen molar-refractivity contribution >= 4 is 28.5 Å². The van der Waals surface area contributed by atoms with E-state index in [1.54, 1.807) is 10.8 Å². The summed E-state index contributed by atoms with van der Waals surface area (Å²) < 4.78 is 1.58. The Morgan fingerprint density at radius 3 is 2.94 bits per heavy atom. The van der Waals surface area contributed by atoms with Gasteiger partial charge in [-0.2, -0.15) is 0 Å². The number of benzene rings is 1. The van der Waals surface area contributed by atoms with E-state index in [9.17, 15) is 14.7 Å². The van der Waals surface area contributed by atoms with Crippen LogP contribution in [0, 0.1) is 0 Å². The minimum absolute atomic E-state index is 0. The molecular formula is C12H9LiN2O3. The summed E-state index contributed by atoms with van der Waals surface area (Å²) in [5, 5.41) is 14.3. The van der Waals surface area contributed by atoms with Gasteiger partial charge in [-0.15, -0.1) is 0 Å². The van der Waals surface area contributed by atoms with Crippen LogP contribution >= 0.6 is 0 Å². The molecule has 0 fully saturated rings. The average molecular weight is 236 g/mol. The van der Waals surface area contributed by atoms with Crippen LogP contribution in [-0.2, 0) is 22.6 Å². The zero-order valence-electron chi connectivity index (χ0n) is 9.90. The number of carbonyl (C=O) groups excluding carboxylic acids is 2. The summed E-state index contributed by atoms with van der Waals surface area (Å²) >= 11 is 0. The van der Waals surface area contributed by atoms with Gasteiger partial charge >= 0.3 is 18.9 Å². The maximum Gasteiger partial charge on any atom is 1.00 e. The summed E-state index contributed by atoms with van der Waals surface area (Å²) in [6.07, 6.45) is 1.97. The molecule has 1 aromatic heterocycles. The van der Waals surface area contributed by atoms with Crippen LogP contribution in [-0.4, -0.2) is 16.4 Å². The Bertz CT molecular complexity index is 648. The first-order valence-electron chi connectivity index (χ1n) is 5.25. The fourth-order valence-electron chi connectivity index (χ4n) is 2.31. The Balaban J connectivity index is 0.00000120. The first kappa shape index (κ1) is 12.7. The van der Waals surface area contributed by atoms with E-state index in [1.807, 2.05) is 18.2 Å². The van der Waals surface area contributed by atoms with E-state index in [4.69, 9.17) is 0 Å². The van der Waals surface area contributed by atoms with Crippen LogP contribution < -0.4 is 29.3 Å². The molecule has 6 heteroatoms. The molecule has 1 N–H and O–H groups in total. The van der Waals surface area contributed by atoms with Crippen molar-refractivity contribution < 1.29 is 33.6 Å². The molecule has 0 saturated heterocycles. The standard InChI is InChI=1S/C12H10N2O3.Li/c15-10-4-7-2-1-3-9-12(7)8(13-10)5-14(9)6-11(16)17;/h1-3,5H,4,6H2,(H,13,15)(H,16,17);/q;+1/p-1. The molecule has 0 unspecified atom stereocenters. The fraction of sp³-hybridized carbons (Fsp3) is 0.167. The van der Waals surface area contributed by atoms with Crippen LogP contribution in [0.5, 0.6) is 0 Å². The summed E-state index contributed by atoms with van der Waals surface area (Å²) in [7, 11) is 0. The van der Waals surface area contributed by atoms with E-state index in [0.29, 0.717) is 12.1 Å². The third kappa shape index (κ3) is 1.92. The van der Waals surface area contributed by atoms with Gasteiger partial charge in [-0.05, 0) is 11.6 Å². The van der Waals surface area contributed by atoms with E-state index in [0.717, 1.165) is 16.5 Å². The first-order valence-corrected chi connectivity index (χ1v) is 5.25. The fourth-order valence-corrected chi connectivity index (χ4v) is 2.31. The van der Waals surface area contributed by atoms with Gasteiger partial charge < -0.3 is 19.8 Å². The van der Waals surface area contributed by atoms with Crippen LogP contribution in [0.1, 0.15) is 5.56 Å². The summed E-state index contributed by atoms with van der Waals surface area (Å²) in [6, 6.07) is 5.54. The minimum atomic E-state index is -1.15. The molecule has 0 saturated carbocycles. The van der Waals surface area contributed by atoms with Crippen molar-refractivity contribution in [1.29, 1.82) is 0 Å². The molecule has 5 nitrogen and oxygen atoms in total. The van der Waals surface area contributed by atoms with Gasteiger partial charge in [0.1, 0.15) is 0 Å². The van der Waals surface area contributed by atoms with Crippen molar-refractivity contribution in [2.45, 2.75) is 13.0 Å². The first-order chi connectivity index (χ1) is 8.15. The van der Waals surface area contributed by atoms with Crippen LogP contribution in [0.15, 0.2) is 24.4 Å². The molecule has 0 spiro atoms. The second-order valence-electron chi connectivity index (χ2n) is 4.08. The normalized spacial score (nSPS) is 13.0. The molecule has 1 aliphatic heterocycles. The molecule has 2 aromatic rings. The van der Waals surface area contributed by atoms with Gasteiger partial charge in [0.15, 0.2) is 0 Å². The van der Waals surface area contributed by atoms with Crippen molar-refractivity contribution in [2.24, 2.45) is 0 Å². The number of aromatic nitrogens is 1. The van der Waals surface area contributed by atoms with Gasteiger partial charge in [0, 0.05) is 11.6 Å². The Morgan fingerprint density at radius 2 is 2.22 bits per heavy atom. The number of carboxylic acid groups (broad SMARTS) is 1. The smallest absolute Gasteiger partial charge is 0.548 e. The van der Waals surface area contributed by atoms with Crippen molar-refractivity contribution in [1.82, 2.24) is 4.57 Å². The van der Waals surface area contributed by atoms with E-state index in [1.165, 1.54) is 0 Å². The number of aliphatic carboxylic acids is 1. The van der Waals surface area contributed by atoms with E-state index >= 15 is 0 Å². The number of hydrogen-bond acceptors (Lipinski definition) is 3. The number of hydrogen-bond donors (Lipinski definition) is 1. The van der Waals surface area contributed by atoms with Crippen molar-refractivity contribution in [3.63, 3.8) is 0 Å². The molecule has 2 heterocycles. The van der Waals surface area contributed by atoms with Crippen LogP contribution in [0.4, 0.5) is 5.69 Å². The molecular weight excluding hydrogens is 227 g/mol. The van der Waals surface area contributed by atoms with E-state index in [2.05, 4.69) is 5.32 Å². The number of carboxylic acids is 1. The van der Waals surface area contributed by atoms with E-state index < -0.39 is 5.97 Å². The topological polar surface area (TPSA) is 74.2 Å². The molecule has 1 aromatic carbocycles. The molecule has 18 heavy (non-hydrogen) atoms. The zero-order chi connectivity index (χ0) is 12.0. The number of amides is 1. The quantitative estimate of drug-likeness (QED) is 0.561. The summed E-state index contributed by atoms with van der Waals surface area (Å²) in [5.41, 5.74) is 2.41. The molecule has 0 atom stereocenters. The Kier molecular flexibility index (Phi) is 3.20. The summed E-state index contributed by atoms with van der Waals surface area (Å²) in [5.74, 6) is -1.22. The molecule has 1 amide bonds. The summed E-state index contributed by atoms with van der Waals surface area (Å²) in [6.45, 7) is -0.212. The largest absolute Gasteiger partial charge is 1.00 e. The Hall–Kier alpha value is -1.70. The van der Waals surface area contributed by atoms with Crippen LogP contribution in [0.2, 0.25) is 0 Å². The number of carbonyl (C=O) groups is 2. The van der Waals surface area contributed by atoms with E-state index in [-0.39, 0.29) is 31.3 Å². The monoisotopic (exact) mass is 236 g/mol. The third-order valence-electron chi connectivity index (χ3n) is 2.92. The predicted octanol–water partition coefficient (Wildman–Crippen LogP) is -3.11. The van der Waals surface area contributed by atoms with Gasteiger partial charge in [0.25, 0.3) is 0 Å². The number of nitrogens with one attached hydrogen (secondary N) is 1. The molecule has 0 aliphatic carbocycles. The van der Waals surface area contributed by atoms with Gasteiger partial charge in [-0.3, -0.25) is 4.79 Å². The molecule has 0 radical (unpaired) electrons. The number of anilines is 1. The SMILES string of the molecule is O=C([O-])Cn1cc2c3c(cccc31)CC(=O)N2.[Li+]. The number of rotatable bonds is 2. The average Bonchev–Trinajstić information content (AvgIpc) is 2.57. The van der Waals surface area contributed by atoms with Gasteiger partial charge in [-0.1, -0.05) is 12.1 Å².